The van der Waals surface area contributed by atoms with Gasteiger partial charge in [0.2, 0.25) is 5.91 Å². The Labute approximate surface area is 436 Å². The number of ether oxygens (including phenoxy) is 1. The summed E-state index contributed by atoms with van der Waals surface area (Å²) in [6.07, 6.45) is 68.0. The molecule has 0 aromatic rings. The Balaban J connectivity index is 5.46. The van der Waals surface area contributed by atoms with Crippen LogP contribution >= 0.6 is 7.82 Å². The van der Waals surface area contributed by atoms with Gasteiger partial charge in [-0.1, -0.05) is 201 Å². The van der Waals surface area contributed by atoms with Crippen molar-refractivity contribution in [2.24, 2.45) is 0 Å². The number of rotatable bonds is 49. The number of nitrogens with zero attached hydrogens (tertiary/aromatic N) is 1. The molecule has 0 aliphatic rings. The van der Waals surface area contributed by atoms with Gasteiger partial charge in [-0.05, 0) is 109 Å². The second-order valence-electron chi connectivity index (χ2n) is 19.7. The zero-order valence-electron chi connectivity index (χ0n) is 46.2. The largest absolute Gasteiger partial charge is 0.472 e. The van der Waals surface area contributed by atoms with Crippen molar-refractivity contribution < 1.29 is 37.3 Å². The van der Waals surface area contributed by atoms with Crippen molar-refractivity contribution in [2.45, 2.75) is 226 Å². The lowest BCUT2D eigenvalue weighted by molar-refractivity contribution is -0.870. The van der Waals surface area contributed by atoms with E-state index in [1.165, 1.54) is 51.4 Å². The van der Waals surface area contributed by atoms with Gasteiger partial charge in [0.1, 0.15) is 19.3 Å². The standard InChI is InChI=1S/C61H105N2O7P/c1-7-10-13-16-19-22-25-28-30-31-32-33-34-35-38-41-44-47-50-53-60(64)62-58(57-69-71(66,67)68-56-55-63(4,5)6)59(52-49-46-43-40-37-27-24-21-18-15-12-9-3)70-61(65)54-51-48-45-42-39-36-29-26-23-20-17-14-11-8-2/h10-11,13-14,19-20,22-23,28-30,32-33,35-36,38,49,52,58-59H,7-9,12,15-18,21,24-27,31,34,37,39-48,50-51,53-57H2,1-6H3,(H-,62,64,66,67)/p+1/b13-10-,14-11+,22-19-,23-20+,30-28-,33-32-,36-29+,38-35-,52-49-. The Morgan fingerprint density at radius 3 is 1.37 bits per heavy atom. The highest BCUT2D eigenvalue weighted by Crippen LogP contribution is 2.43. The number of quaternary nitrogens is 1. The normalized spacial score (nSPS) is 14.6. The number of nitrogens with one attached hydrogen (secondary N) is 1. The van der Waals surface area contributed by atoms with Crippen molar-refractivity contribution in [3.8, 4) is 0 Å². The van der Waals surface area contributed by atoms with E-state index in [-0.39, 0.29) is 37.9 Å². The third-order valence-electron chi connectivity index (χ3n) is 11.7. The first-order valence-electron chi connectivity index (χ1n) is 28.2. The van der Waals surface area contributed by atoms with Gasteiger partial charge in [0, 0.05) is 12.8 Å². The van der Waals surface area contributed by atoms with Crippen LogP contribution in [0.25, 0.3) is 0 Å². The van der Waals surface area contributed by atoms with Crippen LogP contribution in [0.2, 0.25) is 0 Å². The highest BCUT2D eigenvalue weighted by molar-refractivity contribution is 7.47. The number of carbonyl (C=O) groups is 2. The van der Waals surface area contributed by atoms with Gasteiger partial charge in [0.15, 0.2) is 0 Å². The molecule has 9 nitrogen and oxygen atoms in total. The van der Waals surface area contributed by atoms with Gasteiger partial charge < -0.3 is 19.4 Å². The molecular formula is C61H106N2O7P+. The Morgan fingerprint density at radius 2 is 0.901 bits per heavy atom. The number of unbranched alkanes of at least 4 members (excludes halogenated alkanes) is 17. The fourth-order valence-corrected chi connectivity index (χ4v) is 8.13. The first kappa shape index (κ1) is 67.7. The van der Waals surface area contributed by atoms with Gasteiger partial charge in [-0.3, -0.25) is 18.6 Å². The van der Waals surface area contributed by atoms with Crippen LogP contribution in [0.3, 0.4) is 0 Å². The molecule has 0 saturated carbocycles. The van der Waals surface area contributed by atoms with Gasteiger partial charge >= 0.3 is 13.8 Å². The zero-order valence-corrected chi connectivity index (χ0v) is 47.1. The highest BCUT2D eigenvalue weighted by atomic mass is 31.2. The lowest BCUT2D eigenvalue weighted by Crippen LogP contribution is -2.47. The van der Waals surface area contributed by atoms with Gasteiger partial charge in [-0.2, -0.15) is 0 Å². The number of likely N-dealkylation sites (N-methyl/N-ethyl adjacent to an activating group) is 1. The van der Waals surface area contributed by atoms with Gasteiger partial charge in [-0.15, -0.1) is 0 Å². The predicted octanol–water partition coefficient (Wildman–Crippen LogP) is 17.0. The fraction of sp³-hybridized carbons (Fsp3) is 0.672. The van der Waals surface area contributed by atoms with E-state index in [1.54, 1.807) is 0 Å². The van der Waals surface area contributed by atoms with Crippen LogP contribution in [-0.2, 0) is 27.9 Å². The SMILES string of the molecule is CC/C=C\C/C=C\C/C=C\C/C=C\C/C=C\CCCCCC(=O)NC(COP(=O)(O)OCC[N+](C)(C)C)C(/C=C\CCCCCCCCCCCC)OC(=O)CCCCCC/C=C/C/C=C/C/C=C/CC. The van der Waals surface area contributed by atoms with Crippen molar-refractivity contribution >= 4 is 19.7 Å². The van der Waals surface area contributed by atoms with E-state index >= 15 is 0 Å². The first-order valence-corrected chi connectivity index (χ1v) is 29.7. The third kappa shape index (κ3) is 51.4. The average molecular weight is 1010 g/mol. The molecule has 2 N–H and O–H groups in total. The minimum Gasteiger partial charge on any atom is -0.456 e. The second kappa shape index (κ2) is 50.2. The quantitative estimate of drug-likeness (QED) is 0.0205. The molecule has 0 spiro atoms. The molecule has 71 heavy (non-hydrogen) atoms. The number of hydrogen-bond acceptors (Lipinski definition) is 6. The molecule has 0 aromatic carbocycles. The Kier molecular flexibility index (Phi) is 47.9. The number of amides is 1. The molecule has 10 heteroatoms. The molecular weight excluding hydrogens is 904 g/mol. The second-order valence-corrected chi connectivity index (χ2v) is 21.1. The van der Waals surface area contributed by atoms with E-state index in [0.29, 0.717) is 23.9 Å². The molecule has 406 valence electrons. The molecule has 3 unspecified atom stereocenters. The topological polar surface area (TPSA) is 111 Å². The van der Waals surface area contributed by atoms with Crippen molar-refractivity contribution in [3.05, 3.63) is 109 Å². The molecule has 0 aliphatic carbocycles. The molecule has 3 atom stereocenters. The summed E-state index contributed by atoms with van der Waals surface area (Å²) in [5.41, 5.74) is 0. The summed E-state index contributed by atoms with van der Waals surface area (Å²) in [6, 6.07) is -0.881. The molecule has 0 rings (SSSR count). The van der Waals surface area contributed by atoms with Crippen molar-refractivity contribution in [2.75, 3.05) is 40.9 Å². The van der Waals surface area contributed by atoms with Gasteiger partial charge in [0.25, 0.3) is 0 Å². The fourth-order valence-electron chi connectivity index (χ4n) is 7.39. The van der Waals surface area contributed by atoms with E-state index in [1.807, 2.05) is 33.3 Å². The van der Waals surface area contributed by atoms with Crippen molar-refractivity contribution in [3.63, 3.8) is 0 Å². The summed E-state index contributed by atoms with van der Waals surface area (Å²) < 4.78 is 30.5. The number of hydrogen-bond donors (Lipinski definition) is 2. The summed E-state index contributed by atoms with van der Waals surface area (Å²) in [6.45, 7) is 6.71. The molecule has 0 saturated heterocycles. The number of phosphoric acid groups is 1. The van der Waals surface area contributed by atoms with Crippen LogP contribution in [0.5, 0.6) is 0 Å². The highest BCUT2D eigenvalue weighted by Gasteiger charge is 2.30. The van der Waals surface area contributed by atoms with Gasteiger partial charge in [0.05, 0.1) is 33.8 Å². The number of esters is 1. The lowest BCUT2D eigenvalue weighted by Gasteiger charge is -2.27. The first-order chi connectivity index (χ1) is 34.4. The number of phosphoric ester groups is 1. The van der Waals surface area contributed by atoms with Crippen molar-refractivity contribution in [1.82, 2.24) is 5.32 Å². The maximum absolute atomic E-state index is 13.5. The number of carbonyl (C=O) groups excluding carboxylic acids is 2. The van der Waals surface area contributed by atoms with E-state index in [4.69, 9.17) is 13.8 Å². The van der Waals surface area contributed by atoms with E-state index in [0.717, 1.165) is 116 Å². The lowest BCUT2D eigenvalue weighted by atomic mass is 10.1. The molecule has 0 fully saturated rings. The summed E-state index contributed by atoms with van der Waals surface area (Å²) in [4.78, 5) is 37.5. The summed E-state index contributed by atoms with van der Waals surface area (Å²) in [7, 11) is 1.44. The Morgan fingerprint density at radius 1 is 0.507 bits per heavy atom. The molecule has 0 radical (unpaired) electrons. The van der Waals surface area contributed by atoms with E-state index in [2.05, 4.69) is 123 Å². The summed E-state index contributed by atoms with van der Waals surface area (Å²) in [5, 5.41) is 3.02. The minimum atomic E-state index is -4.46. The summed E-state index contributed by atoms with van der Waals surface area (Å²) >= 11 is 0. The molecule has 0 aliphatic heterocycles. The van der Waals surface area contributed by atoms with Crippen molar-refractivity contribution in [1.29, 1.82) is 0 Å². The smallest absolute Gasteiger partial charge is 0.456 e. The van der Waals surface area contributed by atoms with E-state index in [9.17, 15) is 19.0 Å². The Bertz CT molecular complexity index is 1580. The Hall–Kier alpha value is -3.33. The minimum absolute atomic E-state index is 0.0237. The maximum atomic E-state index is 13.5. The zero-order chi connectivity index (χ0) is 52.2. The maximum Gasteiger partial charge on any atom is 0.472 e. The van der Waals surface area contributed by atoms with E-state index < -0.39 is 20.0 Å². The van der Waals surface area contributed by atoms with Crippen LogP contribution in [0, 0.1) is 0 Å². The van der Waals surface area contributed by atoms with Gasteiger partial charge in [-0.25, -0.2) is 4.57 Å². The molecule has 0 heterocycles. The van der Waals surface area contributed by atoms with Crippen LogP contribution in [0.4, 0.5) is 0 Å². The van der Waals surface area contributed by atoms with Crippen LogP contribution in [0.15, 0.2) is 109 Å². The van der Waals surface area contributed by atoms with Crippen LogP contribution < -0.4 is 5.32 Å². The summed E-state index contributed by atoms with van der Waals surface area (Å²) in [5.74, 6) is -0.578. The molecule has 0 bridgehead atoms. The molecule has 1 amide bonds. The third-order valence-corrected chi connectivity index (χ3v) is 12.7. The average Bonchev–Trinajstić information content (AvgIpc) is 3.33. The monoisotopic (exact) mass is 1010 g/mol. The van der Waals surface area contributed by atoms with Crippen LogP contribution in [0.1, 0.15) is 213 Å². The van der Waals surface area contributed by atoms with Crippen LogP contribution in [-0.4, -0.2) is 74.3 Å². The predicted molar refractivity (Wildman–Crippen MR) is 304 cm³/mol. The molecule has 0 aromatic heterocycles. The number of allylic oxidation sites excluding steroid dienone is 17.